The van der Waals surface area contributed by atoms with Gasteiger partial charge in [-0.1, -0.05) is 12.1 Å². The van der Waals surface area contributed by atoms with Gasteiger partial charge in [-0.2, -0.15) is 0 Å². The zero-order chi connectivity index (χ0) is 16.1. The first-order chi connectivity index (χ1) is 10.5. The highest BCUT2D eigenvalue weighted by atomic mass is 32.2. The van der Waals surface area contributed by atoms with Gasteiger partial charge in [-0.3, -0.25) is 14.1 Å². The van der Waals surface area contributed by atoms with Gasteiger partial charge in [0.2, 0.25) is 0 Å². The van der Waals surface area contributed by atoms with Crippen LogP contribution in [-0.4, -0.2) is 14.5 Å². The average molecular weight is 323 g/mol. The topological polar surface area (TPSA) is 75.6 Å². The van der Waals surface area contributed by atoms with Crippen molar-refractivity contribution in [2.45, 2.75) is 13.5 Å². The van der Waals surface area contributed by atoms with Crippen molar-refractivity contribution >= 4 is 22.7 Å². The van der Waals surface area contributed by atoms with E-state index < -0.39 is 17.1 Å². The van der Waals surface area contributed by atoms with Gasteiger partial charge in [0, 0.05) is 11.1 Å². The van der Waals surface area contributed by atoms with Gasteiger partial charge in [0.25, 0.3) is 11.3 Å². The van der Waals surface area contributed by atoms with E-state index in [0.29, 0.717) is 16.8 Å². The van der Waals surface area contributed by atoms with Crippen molar-refractivity contribution in [2.24, 2.45) is 0 Å². The molecule has 2 aromatic carbocycles. The van der Waals surface area contributed by atoms with Crippen LogP contribution in [0.1, 0.15) is 22.8 Å². The van der Waals surface area contributed by atoms with E-state index in [2.05, 4.69) is 4.72 Å². The second-order valence-electron chi connectivity index (χ2n) is 4.50. The minimum absolute atomic E-state index is 0.0540. The molecule has 0 aliphatic carbocycles. The highest BCUT2D eigenvalue weighted by Gasteiger charge is 2.10. The number of halogens is 1. The molecule has 0 radical (unpaired) electrons. The van der Waals surface area contributed by atoms with Crippen LogP contribution < -0.4 is 9.46 Å². The maximum atomic E-state index is 13.5. The molecule has 0 aliphatic rings. The summed E-state index contributed by atoms with van der Waals surface area (Å²) < 4.78 is 41.1. The molecular formula is C15H14FNO4S. The molecule has 0 aliphatic heterocycles. The van der Waals surface area contributed by atoms with E-state index in [4.69, 9.17) is 9.29 Å². The number of hydrogen-bond acceptors (Lipinski definition) is 3. The summed E-state index contributed by atoms with van der Waals surface area (Å²) in [5.74, 6) is -0.596. The third kappa shape index (κ3) is 4.12. The van der Waals surface area contributed by atoms with Crippen molar-refractivity contribution < 1.29 is 22.7 Å². The lowest BCUT2D eigenvalue weighted by atomic mass is 10.1. The first-order valence-electron chi connectivity index (χ1n) is 6.36. The van der Waals surface area contributed by atoms with Gasteiger partial charge < -0.3 is 4.74 Å². The molecule has 0 fully saturated rings. The molecular weight excluding hydrogens is 309 g/mol. The first kappa shape index (κ1) is 16.1. The molecule has 2 N–H and O–H groups in total. The van der Waals surface area contributed by atoms with Crippen LogP contribution in [0, 0.1) is 5.82 Å². The number of anilines is 1. The molecule has 1 unspecified atom stereocenters. The Hall–Kier alpha value is -2.25. The fourth-order valence-corrected chi connectivity index (χ4v) is 2.23. The first-order valence-corrected chi connectivity index (χ1v) is 7.46. The van der Waals surface area contributed by atoms with Crippen LogP contribution in [0.15, 0.2) is 42.5 Å². The maximum Gasteiger partial charge on any atom is 0.259 e. The Labute approximate surface area is 129 Å². The highest BCUT2D eigenvalue weighted by molar-refractivity contribution is 7.80. The van der Waals surface area contributed by atoms with Crippen LogP contribution in [0.5, 0.6) is 5.75 Å². The van der Waals surface area contributed by atoms with Crippen molar-refractivity contribution in [3.8, 4) is 5.75 Å². The zero-order valence-electron chi connectivity index (χ0n) is 11.7. The number of rotatable bonds is 6. The van der Waals surface area contributed by atoms with Crippen molar-refractivity contribution in [1.29, 1.82) is 0 Å². The number of nitrogens with one attached hydrogen (secondary N) is 1. The highest BCUT2D eigenvalue weighted by Crippen LogP contribution is 2.22. The van der Waals surface area contributed by atoms with Gasteiger partial charge in [0.05, 0.1) is 5.69 Å². The summed E-state index contributed by atoms with van der Waals surface area (Å²) in [5.41, 5.74) is 1.24. The van der Waals surface area contributed by atoms with Crippen LogP contribution in [0.4, 0.5) is 10.1 Å². The minimum atomic E-state index is -2.26. The number of Topliss-reactive ketones (excluding diaryl/α,β-unsaturated/α-hetero) is 1. The van der Waals surface area contributed by atoms with Gasteiger partial charge in [-0.25, -0.2) is 8.60 Å². The third-order valence-corrected chi connectivity index (χ3v) is 3.32. The summed E-state index contributed by atoms with van der Waals surface area (Å²) in [5, 5.41) is 0. The summed E-state index contributed by atoms with van der Waals surface area (Å²) in [7, 11) is 0. The molecule has 5 nitrogen and oxygen atoms in total. The number of carbonyl (C=O) groups is 1. The average Bonchev–Trinajstić information content (AvgIpc) is 2.47. The van der Waals surface area contributed by atoms with Gasteiger partial charge in [-0.05, 0) is 37.3 Å². The monoisotopic (exact) mass is 323 g/mol. The quantitative estimate of drug-likeness (QED) is 0.632. The Kier molecular flexibility index (Phi) is 5.24. The molecule has 0 saturated carbocycles. The minimum Gasteiger partial charge on any atom is -0.486 e. The number of ether oxygens (including phenoxy) is 1. The van der Waals surface area contributed by atoms with Crippen LogP contribution in [-0.2, 0) is 17.9 Å². The van der Waals surface area contributed by atoms with E-state index in [-0.39, 0.29) is 18.1 Å². The molecule has 116 valence electrons. The van der Waals surface area contributed by atoms with Crippen molar-refractivity contribution in [3.05, 3.63) is 59.4 Å². The Morgan fingerprint density at radius 1 is 1.32 bits per heavy atom. The molecule has 1 atom stereocenters. The lowest BCUT2D eigenvalue weighted by Gasteiger charge is -2.12. The van der Waals surface area contributed by atoms with Crippen molar-refractivity contribution in [3.63, 3.8) is 0 Å². The van der Waals surface area contributed by atoms with E-state index >= 15 is 0 Å². The predicted molar refractivity (Wildman–Crippen MR) is 81.6 cm³/mol. The summed E-state index contributed by atoms with van der Waals surface area (Å²) in [6.07, 6.45) is 0. The lowest BCUT2D eigenvalue weighted by Crippen LogP contribution is -2.08. The van der Waals surface area contributed by atoms with Crippen molar-refractivity contribution in [2.75, 3.05) is 4.72 Å². The fourth-order valence-electron chi connectivity index (χ4n) is 1.84. The van der Waals surface area contributed by atoms with Gasteiger partial charge in [0.15, 0.2) is 17.3 Å². The van der Waals surface area contributed by atoms with E-state index in [1.54, 1.807) is 18.2 Å². The standard InChI is InChI=1S/C15H14FNO4S/c1-10(18)11-6-7-14(17-22(19)20)12(8-11)9-21-15-5-3-2-4-13(15)16/h2-8,17H,9H2,1H3,(H,19,20). The summed E-state index contributed by atoms with van der Waals surface area (Å²) in [4.78, 5) is 11.4. The molecule has 0 aromatic heterocycles. The number of hydrogen-bond donors (Lipinski definition) is 2. The number of carbonyl (C=O) groups excluding carboxylic acids is 1. The van der Waals surface area contributed by atoms with Crippen LogP contribution in [0.3, 0.4) is 0 Å². The zero-order valence-corrected chi connectivity index (χ0v) is 12.5. The van der Waals surface area contributed by atoms with E-state index in [1.807, 2.05) is 0 Å². The molecule has 0 spiro atoms. The molecule has 0 heterocycles. The number of para-hydroxylation sites is 1. The SMILES string of the molecule is CC(=O)c1ccc(NS(=O)O)c(COc2ccccc2F)c1. The lowest BCUT2D eigenvalue weighted by molar-refractivity contribution is 0.101. The predicted octanol–water partition coefficient (Wildman–Crippen LogP) is 3.16. The molecule has 0 saturated heterocycles. The second kappa shape index (κ2) is 7.15. The third-order valence-electron chi connectivity index (χ3n) is 2.93. The maximum absolute atomic E-state index is 13.5. The van der Waals surface area contributed by atoms with E-state index in [1.165, 1.54) is 31.2 Å². The number of benzene rings is 2. The van der Waals surface area contributed by atoms with Crippen molar-refractivity contribution in [1.82, 2.24) is 0 Å². The van der Waals surface area contributed by atoms with Crippen LogP contribution in [0.25, 0.3) is 0 Å². The number of ketones is 1. The largest absolute Gasteiger partial charge is 0.486 e. The smallest absolute Gasteiger partial charge is 0.259 e. The Balaban J connectivity index is 2.26. The molecule has 0 amide bonds. The Morgan fingerprint density at radius 2 is 2.05 bits per heavy atom. The van der Waals surface area contributed by atoms with E-state index in [0.717, 1.165) is 0 Å². The summed E-state index contributed by atoms with van der Waals surface area (Å²) >= 11 is -2.26. The molecule has 2 aromatic rings. The molecule has 2 rings (SSSR count). The Bertz CT molecular complexity index is 720. The normalized spacial score (nSPS) is 11.8. The fraction of sp³-hybridized carbons (Fsp3) is 0.133. The molecule has 0 bridgehead atoms. The molecule has 22 heavy (non-hydrogen) atoms. The van der Waals surface area contributed by atoms with Gasteiger partial charge >= 0.3 is 0 Å². The summed E-state index contributed by atoms with van der Waals surface area (Å²) in [6.45, 7) is 1.36. The molecule has 7 heteroatoms. The second-order valence-corrected chi connectivity index (χ2v) is 5.20. The van der Waals surface area contributed by atoms with Crippen LogP contribution in [0.2, 0.25) is 0 Å². The summed E-state index contributed by atoms with van der Waals surface area (Å²) in [6, 6.07) is 10.5. The van der Waals surface area contributed by atoms with Gasteiger partial charge in [-0.15, -0.1) is 0 Å². The van der Waals surface area contributed by atoms with Crippen LogP contribution >= 0.6 is 0 Å². The Morgan fingerprint density at radius 3 is 2.68 bits per heavy atom. The van der Waals surface area contributed by atoms with E-state index in [9.17, 15) is 13.4 Å². The van der Waals surface area contributed by atoms with Gasteiger partial charge in [0.1, 0.15) is 6.61 Å².